The highest BCUT2D eigenvalue weighted by molar-refractivity contribution is 5.32. The van der Waals surface area contributed by atoms with Crippen LogP contribution in [-0.2, 0) is 4.74 Å². The molecular formula is C14H18N2O. The molecule has 1 aromatic carbocycles. The summed E-state index contributed by atoms with van der Waals surface area (Å²) in [4.78, 5) is 0. The molecule has 3 heteroatoms. The maximum absolute atomic E-state index is 8.73. The summed E-state index contributed by atoms with van der Waals surface area (Å²) in [5.41, 5.74) is 1.94. The van der Waals surface area contributed by atoms with Crippen LogP contribution in [0.3, 0.4) is 0 Å². The van der Waals surface area contributed by atoms with Crippen LogP contribution >= 0.6 is 0 Å². The lowest BCUT2D eigenvalue weighted by molar-refractivity contribution is 0.184. The largest absolute Gasteiger partial charge is 0.381 e. The molecular weight excluding hydrogens is 212 g/mol. The molecule has 1 saturated heterocycles. The molecule has 0 aliphatic carbocycles. The first kappa shape index (κ1) is 12.1. The van der Waals surface area contributed by atoms with Gasteiger partial charge in [-0.15, -0.1) is 0 Å². The maximum atomic E-state index is 8.73. The number of nitriles is 1. The van der Waals surface area contributed by atoms with Gasteiger partial charge in [-0.25, -0.2) is 0 Å². The Hall–Kier alpha value is -1.37. The van der Waals surface area contributed by atoms with Crippen LogP contribution in [0.4, 0.5) is 0 Å². The molecule has 1 aromatic rings. The standard InChI is InChI=1S/C14H18N2O/c1-11(16-9-13-6-7-17-10-13)14-4-2-12(8-15)3-5-14/h2-5,11,13,16H,6-7,9-10H2,1H3. The van der Waals surface area contributed by atoms with E-state index in [1.54, 1.807) is 0 Å². The number of ether oxygens (including phenoxy) is 1. The van der Waals surface area contributed by atoms with Gasteiger partial charge in [0.15, 0.2) is 0 Å². The number of benzene rings is 1. The van der Waals surface area contributed by atoms with Gasteiger partial charge in [0.05, 0.1) is 18.2 Å². The van der Waals surface area contributed by atoms with Crippen molar-refractivity contribution in [2.24, 2.45) is 5.92 Å². The molecule has 1 aliphatic rings. The molecule has 0 bridgehead atoms. The van der Waals surface area contributed by atoms with E-state index < -0.39 is 0 Å². The van der Waals surface area contributed by atoms with Crippen LogP contribution in [0.5, 0.6) is 0 Å². The number of hydrogen-bond donors (Lipinski definition) is 1. The second-order valence-corrected chi connectivity index (χ2v) is 4.59. The van der Waals surface area contributed by atoms with Crippen molar-refractivity contribution in [2.45, 2.75) is 19.4 Å². The van der Waals surface area contributed by atoms with E-state index in [0.29, 0.717) is 17.5 Å². The Balaban J connectivity index is 1.85. The third kappa shape index (κ3) is 3.29. The summed E-state index contributed by atoms with van der Waals surface area (Å²) < 4.78 is 5.35. The average Bonchev–Trinajstić information content (AvgIpc) is 2.89. The Kier molecular flexibility index (Phi) is 4.13. The summed E-state index contributed by atoms with van der Waals surface area (Å²) in [6, 6.07) is 10.2. The van der Waals surface area contributed by atoms with Gasteiger partial charge in [0.2, 0.25) is 0 Å². The van der Waals surface area contributed by atoms with Crippen molar-refractivity contribution in [1.82, 2.24) is 5.32 Å². The lowest BCUT2D eigenvalue weighted by Crippen LogP contribution is -2.25. The summed E-state index contributed by atoms with van der Waals surface area (Å²) in [6.07, 6.45) is 1.16. The van der Waals surface area contributed by atoms with E-state index in [9.17, 15) is 0 Å². The Morgan fingerprint density at radius 1 is 1.47 bits per heavy atom. The van der Waals surface area contributed by atoms with Crippen LogP contribution in [0, 0.1) is 17.2 Å². The first-order valence-electron chi connectivity index (χ1n) is 6.11. The van der Waals surface area contributed by atoms with Gasteiger partial charge >= 0.3 is 0 Å². The number of hydrogen-bond acceptors (Lipinski definition) is 3. The number of nitrogens with zero attached hydrogens (tertiary/aromatic N) is 1. The van der Waals surface area contributed by atoms with E-state index >= 15 is 0 Å². The summed E-state index contributed by atoms with van der Waals surface area (Å²) in [5, 5.41) is 12.2. The fourth-order valence-corrected chi connectivity index (χ4v) is 2.05. The second kappa shape index (κ2) is 5.81. The fraction of sp³-hybridized carbons (Fsp3) is 0.500. The zero-order valence-corrected chi connectivity index (χ0v) is 10.1. The molecule has 0 saturated carbocycles. The van der Waals surface area contributed by atoms with Crippen molar-refractivity contribution < 1.29 is 4.74 Å². The molecule has 2 atom stereocenters. The molecule has 1 fully saturated rings. The average molecular weight is 230 g/mol. The van der Waals surface area contributed by atoms with Crippen LogP contribution in [0.2, 0.25) is 0 Å². The molecule has 1 heterocycles. The van der Waals surface area contributed by atoms with Crippen molar-refractivity contribution >= 4 is 0 Å². The minimum atomic E-state index is 0.323. The molecule has 2 rings (SSSR count). The molecule has 0 spiro atoms. The third-order valence-corrected chi connectivity index (χ3v) is 3.28. The lowest BCUT2D eigenvalue weighted by atomic mass is 10.0. The normalized spacial score (nSPS) is 21.1. The van der Waals surface area contributed by atoms with Crippen molar-refractivity contribution in [3.8, 4) is 6.07 Å². The van der Waals surface area contributed by atoms with Crippen molar-refractivity contribution in [2.75, 3.05) is 19.8 Å². The highest BCUT2D eigenvalue weighted by Crippen LogP contribution is 2.16. The lowest BCUT2D eigenvalue weighted by Gasteiger charge is -2.16. The van der Waals surface area contributed by atoms with E-state index in [1.807, 2.05) is 24.3 Å². The molecule has 2 unspecified atom stereocenters. The van der Waals surface area contributed by atoms with Gasteiger partial charge in [-0.1, -0.05) is 12.1 Å². The van der Waals surface area contributed by atoms with Crippen molar-refractivity contribution in [3.63, 3.8) is 0 Å². The zero-order chi connectivity index (χ0) is 12.1. The zero-order valence-electron chi connectivity index (χ0n) is 10.1. The molecule has 0 radical (unpaired) electrons. The predicted molar refractivity (Wildman–Crippen MR) is 66.5 cm³/mol. The van der Waals surface area contributed by atoms with E-state index in [-0.39, 0.29) is 0 Å². The van der Waals surface area contributed by atoms with Gasteiger partial charge in [-0.05, 0) is 37.0 Å². The van der Waals surface area contributed by atoms with E-state index in [2.05, 4.69) is 18.3 Å². The van der Waals surface area contributed by atoms with Gasteiger partial charge in [-0.3, -0.25) is 0 Å². The van der Waals surface area contributed by atoms with E-state index in [0.717, 1.165) is 26.2 Å². The number of rotatable bonds is 4. The molecule has 1 aliphatic heterocycles. The predicted octanol–water partition coefficient (Wildman–Crippen LogP) is 2.25. The van der Waals surface area contributed by atoms with Crippen LogP contribution in [0.15, 0.2) is 24.3 Å². The van der Waals surface area contributed by atoms with Crippen LogP contribution in [-0.4, -0.2) is 19.8 Å². The van der Waals surface area contributed by atoms with Gasteiger partial charge in [0, 0.05) is 19.2 Å². The van der Waals surface area contributed by atoms with Gasteiger partial charge in [0.1, 0.15) is 0 Å². The van der Waals surface area contributed by atoms with E-state index in [1.165, 1.54) is 5.56 Å². The quantitative estimate of drug-likeness (QED) is 0.862. The second-order valence-electron chi connectivity index (χ2n) is 4.59. The minimum absolute atomic E-state index is 0.323. The highest BCUT2D eigenvalue weighted by atomic mass is 16.5. The SMILES string of the molecule is CC(NCC1CCOC1)c1ccc(C#N)cc1. The summed E-state index contributed by atoms with van der Waals surface area (Å²) in [6.45, 7) is 4.93. The molecule has 0 aromatic heterocycles. The molecule has 1 N–H and O–H groups in total. The van der Waals surface area contributed by atoms with Gasteiger partial charge in [-0.2, -0.15) is 5.26 Å². The summed E-state index contributed by atoms with van der Waals surface area (Å²) >= 11 is 0. The summed E-state index contributed by atoms with van der Waals surface area (Å²) in [7, 11) is 0. The van der Waals surface area contributed by atoms with Crippen molar-refractivity contribution in [1.29, 1.82) is 5.26 Å². The fourth-order valence-electron chi connectivity index (χ4n) is 2.05. The minimum Gasteiger partial charge on any atom is -0.381 e. The monoisotopic (exact) mass is 230 g/mol. The Morgan fingerprint density at radius 2 is 2.24 bits per heavy atom. The molecule has 3 nitrogen and oxygen atoms in total. The topological polar surface area (TPSA) is 45.0 Å². The van der Waals surface area contributed by atoms with Crippen LogP contribution in [0.1, 0.15) is 30.5 Å². The van der Waals surface area contributed by atoms with Gasteiger partial charge in [0.25, 0.3) is 0 Å². The van der Waals surface area contributed by atoms with E-state index in [4.69, 9.17) is 10.00 Å². The van der Waals surface area contributed by atoms with Crippen LogP contribution < -0.4 is 5.32 Å². The van der Waals surface area contributed by atoms with Crippen molar-refractivity contribution in [3.05, 3.63) is 35.4 Å². The molecule has 90 valence electrons. The first-order chi connectivity index (χ1) is 8.29. The molecule has 17 heavy (non-hydrogen) atoms. The first-order valence-corrected chi connectivity index (χ1v) is 6.11. The Labute approximate surface area is 102 Å². The number of nitrogens with one attached hydrogen (secondary N) is 1. The highest BCUT2D eigenvalue weighted by Gasteiger charge is 2.16. The summed E-state index contributed by atoms with van der Waals surface area (Å²) in [5.74, 6) is 0.649. The Bertz CT molecular complexity index is 388. The Morgan fingerprint density at radius 3 is 2.82 bits per heavy atom. The molecule has 0 amide bonds. The van der Waals surface area contributed by atoms with Gasteiger partial charge < -0.3 is 10.1 Å². The maximum Gasteiger partial charge on any atom is 0.0991 e. The van der Waals surface area contributed by atoms with Crippen LogP contribution in [0.25, 0.3) is 0 Å². The smallest absolute Gasteiger partial charge is 0.0991 e. The third-order valence-electron chi connectivity index (χ3n) is 3.28.